The van der Waals surface area contributed by atoms with Gasteiger partial charge in [-0.25, -0.2) is 14.2 Å². The molecule has 0 fully saturated rings. The Bertz CT molecular complexity index is 1160. The number of benzene rings is 2. The van der Waals surface area contributed by atoms with Crippen LogP contribution >= 0.6 is 11.8 Å². The van der Waals surface area contributed by atoms with Gasteiger partial charge in [0.05, 0.1) is 23.9 Å². The Kier molecular flexibility index (Phi) is 6.79. The number of allylic oxidation sites excluding steroid dienone is 1. The lowest BCUT2D eigenvalue weighted by molar-refractivity contribution is -0.139. The van der Waals surface area contributed by atoms with Gasteiger partial charge in [0, 0.05) is 17.5 Å². The molecular weight excluding hydrogens is 445 g/mol. The molecule has 4 rings (SSSR count). The van der Waals surface area contributed by atoms with Gasteiger partial charge < -0.3 is 19.7 Å². The Morgan fingerprint density at radius 3 is 2.70 bits per heavy atom. The van der Waals surface area contributed by atoms with Gasteiger partial charge in [-0.2, -0.15) is 0 Å². The van der Waals surface area contributed by atoms with Crippen LogP contribution in [0.4, 0.5) is 10.1 Å². The van der Waals surface area contributed by atoms with Crippen LogP contribution in [0, 0.1) is 5.82 Å². The van der Waals surface area contributed by atoms with E-state index in [9.17, 15) is 14.0 Å². The summed E-state index contributed by atoms with van der Waals surface area (Å²) in [4.78, 5) is 31.7. The second-order valence-corrected chi connectivity index (χ2v) is 8.08. The zero-order chi connectivity index (χ0) is 23.4. The Hall–Kier alpha value is -3.59. The van der Waals surface area contributed by atoms with Crippen LogP contribution in [0.2, 0.25) is 0 Å². The number of nitrogens with zero attached hydrogens (tertiary/aromatic N) is 2. The molecule has 0 radical (unpaired) electrons. The first-order valence-electron chi connectivity index (χ1n) is 10.3. The molecule has 9 heteroatoms. The SMILES string of the molecule is CCOC(=O)C1=C(C)N=C2SC=CN2[C@H]1c1ccccc1OCC(=O)Nc1ccc(F)cc1. The smallest absolute Gasteiger partial charge is 0.338 e. The molecule has 7 nitrogen and oxygen atoms in total. The summed E-state index contributed by atoms with van der Waals surface area (Å²) < 4.78 is 24.3. The Labute approximate surface area is 195 Å². The zero-order valence-corrected chi connectivity index (χ0v) is 18.9. The molecule has 1 atom stereocenters. The number of carbonyl (C=O) groups excluding carboxylic acids is 2. The number of fused-ring (bicyclic) bond motifs is 1. The molecule has 1 N–H and O–H groups in total. The van der Waals surface area contributed by atoms with Crippen molar-refractivity contribution in [3.05, 3.63) is 82.8 Å². The van der Waals surface area contributed by atoms with Crippen molar-refractivity contribution in [3.63, 3.8) is 0 Å². The summed E-state index contributed by atoms with van der Waals surface area (Å²) in [6.07, 6.45) is 1.86. The summed E-state index contributed by atoms with van der Waals surface area (Å²) in [6, 6.07) is 12.2. The summed E-state index contributed by atoms with van der Waals surface area (Å²) in [5.41, 5.74) is 2.16. The molecule has 2 aliphatic heterocycles. The Balaban J connectivity index is 1.59. The van der Waals surface area contributed by atoms with Crippen LogP contribution in [0.5, 0.6) is 5.75 Å². The van der Waals surface area contributed by atoms with Gasteiger partial charge in [-0.1, -0.05) is 30.0 Å². The summed E-state index contributed by atoms with van der Waals surface area (Å²) in [6.45, 7) is 3.51. The number of carbonyl (C=O) groups is 2. The first-order chi connectivity index (χ1) is 16.0. The molecule has 2 aromatic carbocycles. The first kappa shape index (κ1) is 22.6. The summed E-state index contributed by atoms with van der Waals surface area (Å²) in [7, 11) is 0. The van der Waals surface area contributed by atoms with Crippen molar-refractivity contribution >= 4 is 34.5 Å². The summed E-state index contributed by atoms with van der Waals surface area (Å²) in [5, 5.41) is 5.31. The molecule has 0 unspecified atom stereocenters. The molecule has 33 heavy (non-hydrogen) atoms. The molecule has 0 saturated heterocycles. The average molecular weight is 468 g/mol. The topological polar surface area (TPSA) is 80.2 Å². The highest BCUT2D eigenvalue weighted by molar-refractivity contribution is 8.16. The lowest BCUT2D eigenvalue weighted by Crippen LogP contribution is -2.34. The predicted molar refractivity (Wildman–Crippen MR) is 125 cm³/mol. The minimum Gasteiger partial charge on any atom is -0.483 e. The van der Waals surface area contributed by atoms with Gasteiger partial charge in [0.2, 0.25) is 0 Å². The fraction of sp³-hybridized carbons (Fsp3) is 0.208. The number of hydrogen-bond donors (Lipinski definition) is 1. The molecular formula is C24H22FN3O4S. The van der Waals surface area contributed by atoms with E-state index in [-0.39, 0.29) is 19.0 Å². The number of halogens is 1. The van der Waals surface area contributed by atoms with E-state index in [1.165, 1.54) is 36.0 Å². The number of hydrogen-bond acceptors (Lipinski definition) is 7. The van der Waals surface area contributed by atoms with E-state index in [2.05, 4.69) is 10.3 Å². The van der Waals surface area contributed by atoms with E-state index < -0.39 is 17.9 Å². The van der Waals surface area contributed by atoms with Crippen LogP contribution < -0.4 is 10.1 Å². The molecule has 2 heterocycles. The van der Waals surface area contributed by atoms with Gasteiger partial charge >= 0.3 is 5.97 Å². The molecule has 0 bridgehead atoms. The van der Waals surface area contributed by atoms with E-state index in [1.807, 2.05) is 28.6 Å². The maximum atomic E-state index is 13.1. The highest BCUT2D eigenvalue weighted by Gasteiger charge is 2.38. The van der Waals surface area contributed by atoms with Crippen molar-refractivity contribution < 1.29 is 23.5 Å². The summed E-state index contributed by atoms with van der Waals surface area (Å²) >= 11 is 1.46. The third-order valence-corrected chi connectivity index (χ3v) is 5.79. The average Bonchev–Trinajstić information content (AvgIpc) is 3.27. The van der Waals surface area contributed by atoms with Gasteiger partial charge in [-0.05, 0) is 49.6 Å². The van der Waals surface area contributed by atoms with Gasteiger partial charge in [-0.15, -0.1) is 0 Å². The van der Waals surface area contributed by atoms with Crippen molar-refractivity contribution in [1.82, 2.24) is 4.90 Å². The van der Waals surface area contributed by atoms with E-state index in [4.69, 9.17) is 9.47 Å². The van der Waals surface area contributed by atoms with Crippen LogP contribution in [0.25, 0.3) is 0 Å². The van der Waals surface area contributed by atoms with Crippen molar-refractivity contribution in [2.75, 3.05) is 18.5 Å². The quantitative estimate of drug-likeness (QED) is 0.599. The number of para-hydroxylation sites is 1. The van der Waals surface area contributed by atoms with Crippen molar-refractivity contribution in [2.45, 2.75) is 19.9 Å². The van der Waals surface area contributed by atoms with Gasteiger partial charge in [0.25, 0.3) is 5.91 Å². The van der Waals surface area contributed by atoms with Crippen molar-refractivity contribution in [1.29, 1.82) is 0 Å². The highest BCUT2D eigenvalue weighted by atomic mass is 32.2. The first-order valence-corrected chi connectivity index (χ1v) is 11.2. The Morgan fingerprint density at radius 1 is 1.18 bits per heavy atom. The zero-order valence-electron chi connectivity index (χ0n) is 18.1. The number of esters is 1. The van der Waals surface area contributed by atoms with Crippen molar-refractivity contribution in [3.8, 4) is 5.75 Å². The van der Waals surface area contributed by atoms with Crippen LogP contribution in [0.3, 0.4) is 0 Å². The van der Waals surface area contributed by atoms with Crippen LogP contribution in [-0.2, 0) is 14.3 Å². The van der Waals surface area contributed by atoms with E-state index in [0.717, 1.165) is 5.17 Å². The fourth-order valence-corrected chi connectivity index (χ4v) is 4.38. The molecule has 0 aliphatic carbocycles. The van der Waals surface area contributed by atoms with E-state index in [0.29, 0.717) is 28.3 Å². The summed E-state index contributed by atoms with van der Waals surface area (Å²) in [5.74, 6) is -0.769. The molecule has 0 aromatic heterocycles. The number of thioether (sulfide) groups is 1. The number of aliphatic imine (C=N–C) groups is 1. The minimum atomic E-state index is -0.515. The number of amidine groups is 1. The number of ether oxygens (including phenoxy) is 2. The molecule has 0 spiro atoms. The number of anilines is 1. The molecule has 2 aromatic rings. The van der Waals surface area contributed by atoms with Gasteiger partial charge in [-0.3, -0.25) is 4.79 Å². The molecule has 2 aliphatic rings. The van der Waals surface area contributed by atoms with E-state index >= 15 is 0 Å². The van der Waals surface area contributed by atoms with Crippen LogP contribution in [0.15, 0.2) is 76.4 Å². The predicted octanol–water partition coefficient (Wildman–Crippen LogP) is 4.61. The maximum Gasteiger partial charge on any atom is 0.338 e. The molecule has 170 valence electrons. The third-order valence-electron chi connectivity index (χ3n) is 5.02. The number of nitrogens with one attached hydrogen (secondary N) is 1. The van der Waals surface area contributed by atoms with Gasteiger partial charge in [0.1, 0.15) is 11.6 Å². The maximum absolute atomic E-state index is 13.1. The standard InChI is InChI=1S/C24H22FN3O4S/c1-3-31-23(30)21-15(2)26-24-28(12-13-33-24)22(21)18-6-4-5-7-19(18)32-14-20(29)27-17-10-8-16(25)9-11-17/h4-13,22H,3,14H2,1-2H3,(H,27,29)/t22-/m0/s1. The number of amides is 1. The van der Waals surface area contributed by atoms with Gasteiger partial charge in [0.15, 0.2) is 11.8 Å². The largest absolute Gasteiger partial charge is 0.483 e. The van der Waals surface area contributed by atoms with Crippen LogP contribution in [0.1, 0.15) is 25.5 Å². The fourth-order valence-electron chi connectivity index (χ4n) is 3.59. The highest BCUT2D eigenvalue weighted by Crippen LogP contribution is 2.43. The third kappa shape index (κ3) is 4.93. The lowest BCUT2D eigenvalue weighted by atomic mass is 9.94. The monoisotopic (exact) mass is 467 g/mol. The lowest BCUT2D eigenvalue weighted by Gasteiger charge is -2.34. The number of rotatable bonds is 7. The van der Waals surface area contributed by atoms with Crippen molar-refractivity contribution in [2.24, 2.45) is 4.99 Å². The van der Waals surface area contributed by atoms with Crippen LogP contribution in [-0.4, -0.2) is 35.2 Å². The normalized spacial score (nSPS) is 16.9. The molecule has 0 saturated carbocycles. The second kappa shape index (κ2) is 9.91. The second-order valence-electron chi connectivity index (χ2n) is 7.21. The van der Waals surface area contributed by atoms with E-state index in [1.54, 1.807) is 26.0 Å². The minimum absolute atomic E-state index is 0.241. The Morgan fingerprint density at radius 2 is 1.94 bits per heavy atom. The molecule has 1 amide bonds.